The van der Waals surface area contributed by atoms with Gasteiger partial charge in [0.15, 0.2) is 0 Å². The zero-order chi connectivity index (χ0) is 12.3. The van der Waals surface area contributed by atoms with Crippen molar-refractivity contribution in [2.75, 3.05) is 0 Å². The third kappa shape index (κ3) is 2.84. The summed E-state index contributed by atoms with van der Waals surface area (Å²) in [5, 5.41) is 9.37. The molecule has 1 aliphatic carbocycles. The first-order chi connectivity index (χ1) is 8.18. The van der Waals surface area contributed by atoms with Gasteiger partial charge >= 0.3 is 0 Å². The molecule has 0 saturated heterocycles. The lowest BCUT2D eigenvalue weighted by Crippen LogP contribution is -2.44. The maximum atomic E-state index is 11.9. The Morgan fingerprint density at radius 1 is 1.47 bits per heavy atom. The van der Waals surface area contributed by atoms with Crippen LogP contribution in [0.4, 0.5) is 0 Å². The molecular formula is C12H20N4O. The number of amides is 1. The summed E-state index contributed by atoms with van der Waals surface area (Å²) < 4.78 is 0. The molecule has 0 aliphatic heterocycles. The monoisotopic (exact) mass is 236 g/mol. The van der Waals surface area contributed by atoms with Crippen molar-refractivity contribution in [1.82, 2.24) is 20.5 Å². The van der Waals surface area contributed by atoms with Crippen molar-refractivity contribution in [3.63, 3.8) is 0 Å². The molecule has 0 radical (unpaired) electrons. The molecule has 1 heterocycles. The van der Waals surface area contributed by atoms with E-state index >= 15 is 0 Å². The van der Waals surface area contributed by atoms with Gasteiger partial charge in [0.05, 0.1) is 0 Å². The fourth-order valence-electron chi connectivity index (χ4n) is 2.69. The van der Waals surface area contributed by atoms with Crippen LogP contribution in [0.25, 0.3) is 0 Å². The van der Waals surface area contributed by atoms with Crippen LogP contribution in [0, 0.1) is 11.8 Å². The Morgan fingerprint density at radius 3 is 2.88 bits per heavy atom. The largest absolute Gasteiger partial charge is 0.346 e. The van der Waals surface area contributed by atoms with Crippen molar-refractivity contribution in [3.05, 3.63) is 12.2 Å². The van der Waals surface area contributed by atoms with E-state index in [0.29, 0.717) is 17.7 Å². The Labute approximate surface area is 101 Å². The van der Waals surface area contributed by atoms with Crippen LogP contribution >= 0.6 is 0 Å². The van der Waals surface area contributed by atoms with Crippen LogP contribution in [-0.4, -0.2) is 27.1 Å². The molecular weight excluding hydrogens is 216 g/mol. The number of hydrogen-bond acceptors (Lipinski definition) is 3. The Hall–Kier alpha value is -1.39. The maximum absolute atomic E-state index is 11.9. The molecule has 1 aromatic rings. The van der Waals surface area contributed by atoms with E-state index in [1.165, 1.54) is 25.6 Å². The first kappa shape index (κ1) is 12.1. The van der Waals surface area contributed by atoms with E-state index in [1.54, 1.807) is 0 Å². The lowest BCUT2D eigenvalue weighted by atomic mass is 9.78. The number of carbonyl (C=O) groups is 1. The number of aromatic nitrogens is 3. The quantitative estimate of drug-likeness (QED) is 0.840. The van der Waals surface area contributed by atoms with Crippen molar-refractivity contribution in [2.24, 2.45) is 11.8 Å². The Kier molecular flexibility index (Phi) is 3.76. The number of H-pyrrole nitrogens is 1. The first-order valence-electron chi connectivity index (χ1n) is 6.34. The van der Waals surface area contributed by atoms with Crippen LogP contribution < -0.4 is 5.32 Å². The summed E-state index contributed by atoms with van der Waals surface area (Å²) in [5.74, 6) is 1.35. The van der Waals surface area contributed by atoms with E-state index in [0.717, 1.165) is 6.42 Å². The Bertz CT molecular complexity index is 361. The number of carbonyl (C=O) groups excluding carboxylic acids is 1. The molecule has 1 fully saturated rings. The highest BCUT2D eigenvalue weighted by molar-refractivity contribution is 5.90. The third-order valence-electron chi connectivity index (χ3n) is 3.62. The molecule has 1 aliphatic rings. The first-order valence-corrected chi connectivity index (χ1v) is 6.34. The highest BCUT2D eigenvalue weighted by Gasteiger charge is 2.29. The van der Waals surface area contributed by atoms with Crippen molar-refractivity contribution in [1.29, 1.82) is 0 Å². The third-order valence-corrected chi connectivity index (χ3v) is 3.62. The fourth-order valence-corrected chi connectivity index (χ4v) is 2.69. The number of hydrogen-bond donors (Lipinski definition) is 2. The second-order valence-corrected chi connectivity index (χ2v) is 5.11. The average Bonchev–Trinajstić information content (AvgIpc) is 2.83. The van der Waals surface area contributed by atoms with Crippen LogP contribution in [0.2, 0.25) is 0 Å². The summed E-state index contributed by atoms with van der Waals surface area (Å²) in [6.45, 7) is 4.45. The molecule has 0 bridgehead atoms. The number of aromatic amines is 1. The lowest BCUT2D eigenvalue weighted by molar-refractivity contribution is 0.0879. The summed E-state index contributed by atoms with van der Waals surface area (Å²) in [7, 11) is 0. The van der Waals surface area contributed by atoms with Gasteiger partial charge in [-0.1, -0.05) is 26.7 Å². The van der Waals surface area contributed by atoms with Crippen molar-refractivity contribution in [3.8, 4) is 0 Å². The summed E-state index contributed by atoms with van der Waals surface area (Å²) in [5.41, 5.74) is 0. The highest BCUT2D eigenvalue weighted by atomic mass is 16.2. The van der Waals surface area contributed by atoms with Gasteiger partial charge < -0.3 is 5.32 Å². The average molecular weight is 236 g/mol. The van der Waals surface area contributed by atoms with E-state index in [2.05, 4.69) is 34.3 Å². The van der Waals surface area contributed by atoms with E-state index in [9.17, 15) is 4.79 Å². The van der Waals surface area contributed by atoms with Crippen molar-refractivity contribution in [2.45, 2.75) is 45.6 Å². The lowest BCUT2D eigenvalue weighted by Gasteiger charge is -2.34. The predicted molar refractivity (Wildman–Crippen MR) is 64.4 cm³/mol. The summed E-state index contributed by atoms with van der Waals surface area (Å²) in [6.07, 6.45) is 6.11. The number of nitrogens with one attached hydrogen (secondary N) is 2. The molecule has 2 N–H and O–H groups in total. The van der Waals surface area contributed by atoms with Crippen LogP contribution in [0.15, 0.2) is 6.33 Å². The Morgan fingerprint density at radius 2 is 2.24 bits per heavy atom. The van der Waals surface area contributed by atoms with E-state index in [4.69, 9.17) is 0 Å². The minimum absolute atomic E-state index is 0.139. The molecule has 1 aromatic heterocycles. The van der Waals surface area contributed by atoms with Crippen LogP contribution in [0.3, 0.4) is 0 Å². The SMILES string of the molecule is CC(C)C1CCCCC1NC(=O)c1ncn[nH]1. The van der Waals surface area contributed by atoms with Gasteiger partial charge in [-0.3, -0.25) is 9.89 Å². The molecule has 5 heteroatoms. The van der Waals surface area contributed by atoms with Gasteiger partial charge in [0, 0.05) is 6.04 Å². The van der Waals surface area contributed by atoms with Gasteiger partial charge in [-0.05, 0) is 24.7 Å². The highest BCUT2D eigenvalue weighted by Crippen LogP contribution is 2.30. The zero-order valence-electron chi connectivity index (χ0n) is 10.4. The molecule has 1 saturated carbocycles. The predicted octanol–water partition coefficient (Wildman–Crippen LogP) is 1.75. The normalized spacial score (nSPS) is 24.9. The number of nitrogens with zero attached hydrogens (tertiary/aromatic N) is 2. The van der Waals surface area contributed by atoms with E-state index in [-0.39, 0.29) is 11.9 Å². The molecule has 0 spiro atoms. The summed E-state index contributed by atoms with van der Waals surface area (Å²) in [6, 6.07) is 0.279. The summed E-state index contributed by atoms with van der Waals surface area (Å²) in [4.78, 5) is 15.8. The van der Waals surface area contributed by atoms with Crippen LogP contribution in [-0.2, 0) is 0 Å². The van der Waals surface area contributed by atoms with Gasteiger partial charge in [0.1, 0.15) is 6.33 Å². The van der Waals surface area contributed by atoms with E-state index in [1.807, 2.05) is 0 Å². The van der Waals surface area contributed by atoms with Gasteiger partial charge in [0.25, 0.3) is 5.91 Å². The standard InChI is InChI=1S/C12H20N4O/c1-8(2)9-5-3-4-6-10(9)15-12(17)11-13-7-14-16-11/h7-10H,3-6H2,1-2H3,(H,15,17)(H,13,14,16). The molecule has 2 rings (SSSR count). The van der Waals surface area contributed by atoms with Crippen LogP contribution in [0.5, 0.6) is 0 Å². The maximum Gasteiger partial charge on any atom is 0.288 e. The van der Waals surface area contributed by atoms with E-state index < -0.39 is 0 Å². The fraction of sp³-hybridized carbons (Fsp3) is 0.750. The minimum Gasteiger partial charge on any atom is -0.346 e. The number of rotatable bonds is 3. The van der Waals surface area contributed by atoms with Crippen molar-refractivity contribution >= 4 is 5.91 Å². The second-order valence-electron chi connectivity index (χ2n) is 5.11. The topological polar surface area (TPSA) is 70.7 Å². The minimum atomic E-state index is -0.139. The van der Waals surface area contributed by atoms with Gasteiger partial charge in [0.2, 0.25) is 5.82 Å². The molecule has 2 atom stereocenters. The smallest absolute Gasteiger partial charge is 0.288 e. The molecule has 94 valence electrons. The Balaban J connectivity index is 1.98. The van der Waals surface area contributed by atoms with Gasteiger partial charge in [-0.25, -0.2) is 4.98 Å². The van der Waals surface area contributed by atoms with Gasteiger partial charge in [-0.15, -0.1) is 0 Å². The molecule has 0 aromatic carbocycles. The van der Waals surface area contributed by atoms with Crippen LogP contribution in [0.1, 0.15) is 50.1 Å². The molecule has 2 unspecified atom stereocenters. The van der Waals surface area contributed by atoms with Gasteiger partial charge in [-0.2, -0.15) is 5.10 Å². The molecule has 17 heavy (non-hydrogen) atoms. The zero-order valence-corrected chi connectivity index (χ0v) is 10.4. The van der Waals surface area contributed by atoms with Crippen molar-refractivity contribution < 1.29 is 4.79 Å². The summed E-state index contributed by atoms with van der Waals surface area (Å²) >= 11 is 0. The molecule has 5 nitrogen and oxygen atoms in total. The second kappa shape index (κ2) is 5.29. The molecule has 1 amide bonds.